The van der Waals surface area contributed by atoms with Crippen molar-refractivity contribution in [3.8, 4) is 0 Å². The molecule has 2 aromatic rings. The van der Waals surface area contributed by atoms with E-state index in [9.17, 15) is 4.79 Å². The zero-order valence-corrected chi connectivity index (χ0v) is 12.0. The maximum atomic E-state index is 12.1. The van der Waals surface area contributed by atoms with Crippen LogP contribution in [0.1, 0.15) is 22.2 Å². The van der Waals surface area contributed by atoms with Gasteiger partial charge in [0.2, 0.25) is 0 Å². The number of hydrogen-bond donors (Lipinski definition) is 2. The second-order valence-electron chi connectivity index (χ2n) is 4.25. The smallest absolute Gasteiger partial charge is 0.263 e. The summed E-state index contributed by atoms with van der Waals surface area (Å²) >= 11 is 1.44. The number of thiophene rings is 1. The molecule has 2 rings (SSSR count). The van der Waals surface area contributed by atoms with Crippen LogP contribution in [0.5, 0.6) is 0 Å². The number of amides is 1. The molecule has 0 saturated carbocycles. The fourth-order valence-electron chi connectivity index (χ4n) is 1.91. The Morgan fingerprint density at radius 1 is 1.47 bits per heavy atom. The number of carbonyl (C=O) groups is 1. The van der Waals surface area contributed by atoms with Crippen LogP contribution < -0.4 is 11.1 Å². The third-order valence-corrected chi connectivity index (χ3v) is 4.25. The first-order valence-corrected chi connectivity index (χ1v) is 7.10. The third kappa shape index (κ3) is 2.88. The molecule has 1 aromatic heterocycles. The van der Waals surface area contributed by atoms with Crippen molar-refractivity contribution < 1.29 is 9.53 Å². The number of carbonyl (C=O) groups excluding carboxylic acids is 1. The molecule has 19 heavy (non-hydrogen) atoms. The molecular formula is C14H18N2O2S. The van der Waals surface area contributed by atoms with Gasteiger partial charge in [-0.3, -0.25) is 4.79 Å². The molecule has 0 unspecified atom stereocenters. The Morgan fingerprint density at radius 2 is 2.26 bits per heavy atom. The number of aryl methyl sites for hydroxylation is 1. The lowest BCUT2D eigenvalue weighted by Crippen LogP contribution is -2.27. The molecule has 1 amide bonds. The highest BCUT2D eigenvalue weighted by Crippen LogP contribution is 2.35. The monoisotopic (exact) mass is 278 g/mol. The standard InChI is InChI=1S/C14H18N2O2S/c1-3-18-8-7-16-14(17)13-11(15)10-6-4-5-9(2)12(10)19-13/h4-6H,3,7-8,15H2,1-2H3,(H,16,17). The summed E-state index contributed by atoms with van der Waals surface area (Å²) in [6, 6.07) is 5.93. The van der Waals surface area contributed by atoms with Crippen LogP contribution in [-0.2, 0) is 4.74 Å². The lowest BCUT2D eigenvalue weighted by Gasteiger charge is -2.04. The van der Waals surface area contributed by atoms with Gasteiger partial charge in [-0.15, -0.1) is 11.3 Å². The van der Waals surface area contributed by atoms with E-state index in [0.29, 0.717) is 30.3 Å². The molecule has 0 saturated heterocycles. The highest BCUT2D eigenvalue weighted by molar-refractivity contribution is 7.21. The molecule has 0 aliphatic carbocycles. The zero-order valence-electron chi connectivity index (χ0n) is 11.2. The van der Waals surface area contributed by atoms with E-state index in [0.717, 1.165) is 15.6 Å². The van der Waals surface area contributed by atoms with E-state index in [-0.39, 0.29) is 5.91 Å². The molecule has 0 spiro atoms. The first-order valence-electron chi connectivity index (χ1n) is 6.28. The summed E-state index contributed by atoms with van der Waals surface area (Å²) in [6.45, 7) is 5.62. The maximum Gasteiger partial charge on any atom is 0.263 e. The number of nitrogens with two attached hydrogens (primary N) is 1. The molecule has 0 radical (unpaired) electrons. The Balaban J connectivity index is 2.18. The van der Waals surface area contributed by atoms with Gasteiger partial charge >= 0.3 is 0 Å². The van der Waals surface area contributed by atoms with Crippen molar-refractivity contribution in [1.29, 1.82) is 0 Å². The SMILES string of the molecule is CCOCCNC(=O)c1sc2c(C)cccc2c1N. The number of hydrogen-bond acceptors (Lipinski definition) is 4. The van der Waals surface area contributed by atoms with E-state index in [4.69, 9.17) is 10.5 Å². The zero-order chi connectivity index (χ0) is 13.8. The summed E-state index contributed by atoms with van der Waals surface area (Å²) in [6.07, 6.45) is 0. The lowest BCUT2D eigenvalue weighted by atomic mass is 10.1. The Bertz CT molecular complexity index is 592. The van der Waals surface area contributed by atoms with Crippen LogP contribution in [-0.4, -0.2) is 25.7 Å². The van der Waals surface area contributed by atoms with Crippen LogP contribution in [0.3, 0.4) is 0 Å². The second-order valence-corrected chi connectivity index (χ2v) is 5.27. The fourth-order valence-corrected chi connectivity index (χ4v) is 3.02. The predicted octanol–water partition coefficient (Wildman–Crippen LogP) is 2.56. The Kier molecular flexibility index (Phi) is 4.39. The average molecular weight is 278 g/mol. The van der Waals surface area contributed by atoms with Crippen molar-refractivity contribution in [1.82, 2.24) is 5.32 Å². The molecule has 1 heterocycles. The molecule has 102 valence electrons. The number of anilines is 1. The topological polar surface area (TPSA) is 64.3 Å². The molecule has 0 fully saturated rings. The van der Waals surface area contributed by atoms with E-state index in [1.807, 2.05) is 32.0 Å². The van der Waals surface area contributed by atoms with Gasteiger partial charge in [0.25, 0.3) is 5.91 Å². The Labute approximate surface area is 116 Å². The number of benzene rings is 1. The predicted molar refractivity (Wildman–Crippen MR) is 79.8 cm³/mol. The molecule has 0 bridgehead atoms. The highest BCUT2D eigenvalue weighted by Gasteiger charge is 2.16. The van der Waals surface area contributed by atoms with Gasteiger partial charge < -0.3 is 15.8 Å². The number of ether oxygens (including phenoxy) is 1. The van der Waals surface area contributed by atoms with Crippen LogP contribution >= 0.6 is 11.3 Å². The van der Waals surface area contributed by atoms with Gasteiger partial charge in [0.15, 0.2) is 0 Å². The van der Waals surface area contributed by atoms with Crippen molar-refractivity contribution in [2.75, 3.05) is 25.5 Å². The first-order chi connectivity index (χ1) is 9.15. The van der Waals surface area contributed by atoms with Gasteiger partial charge in [-0.2, -0.15) is 0 Å². The fraction of sp³-hybridized carbons (Fsp3) is 0.357. The summed E-state index contributed by atoms with van der Waals surface area (Å²) in [7, 11) is 0. The quantitative estimate of drug-likeness (QED) is 0.826. The van der Waals surface area contributed by atoms with Crippen molar-refractivity contribution in [3.63, 3.8) is 0 Å². The summed E-state index contributed by atoms with van der Waals surface area (Å²) < 4.78 is 6.26. The van der Waals surface area contributed by atoms with Gasteiger partial charge in [-0.1, -0.05) is 18.2 Å². The van der Waals surface area contributed by atoms with Gasteiger partial charge in [0.1, 0.15) is 4.88 Å². The lowest BCUT2D eigenvalue weighted by molar-refractivity contribution is 0.0927. The highest BCUT2D eigenvalue weighted by atomic mass is 32.1. The van der Waals surface area contributed by atoms with Crippen LogP contribution in [0.25, 0.3) is 10.1 Å². The number of fused-ring (bicyclic) bond motifs is 1. The van der Waals surface area contributed by atoms with E-state index < -0.39 is 0 Å². The largest absolute Gasteiger partial charge is 0.397 e. The van der Waals surface area contributed by atoms with E-state index in [1.54, 1.807) is 0 Å². The number of nitrogens with one attached hydrogen (secondary N) is 1. The first kappa shape index (κ1) is 13.8. The average Bonchev–Trinajstić information content (AvgIpc) is 2.74. The van der Waals surface area contributed by atoms with E-state index in [2.05, 4.69) is 5.32 Å². The van der Waals surface area contributed by atoms with Crippen molar-refractivity contribution >= 4 is 33.0 Å². The summed E-state index contributed by atoms with van der Waals surface area (Å²) in [4.78, 5) is 12.7. The van der Waals surface area contributed by atoms with E-state index >= 15 is 0 Å². The molecule has 0 aliphatic rings. The minimum atomic E-state index is -0.127. The maximum absolute atomic E-state index is 12.1. The molecule has 5 heteroatoms. The van der Waals surface area contributed by atoms with Crippen LogP contribution in [0.15, 0.2) is 18.2 Å². The minimum absolute atomic E-state index is 0.127. The van der Waals surface area contributed by atoms with Crippen LogP contribution in [0.2, 0.25) is 0 Å². The van der Waals surface area contributed by atoms with Crippen LogP contribution in [0.4, 0.5) is 5.69 Å². The number of rotatable bonds is 5. The number of nitrogen functional groups attached to an aromatic ring is 1. The van der Waals surface area contributed by atoms with Crippen LogP contribution in [0, 0.1) is 6.92 Å². The molecule has 1 aromatic carbocycles. The van der Waals surface area contributed by atoms with Gasteiger partial charge in [-0.25, -0.2) is 0 Å². The molecule has 0 aliphatic heterocycles. The molecule has 4 nitrogen and oxygen atoms in total. The van der Waals surface area contributed by atoms with Crippen molar-refractivity contribution in [2.45, 2.75) is 13.8 Å². The van der Waals surface area contributed by atoms with E-state index in [1.165, 1.54) is 11.3 Å². The van der Waals surface area contributed by atoms with Crippen molar-refractivity contribution in [2.24, 2.45) is 0 Å². The second kappa shape index (κ2) is 6.04. The van der Waals surface area contributed by atoms with Gasteiger partial charge in [-0.05, 0) is 19.4 Å². The Morgan fingerprint density at radius 3 is 2.95 bits per heavy atom. The molecular weight excluding hydrogens is 260 g/mol. The Hall–Kier alpha value is -1.59. The normalized spacial score (nSPS) is 10.8. The summed E-state index contributed by atoms with van der Waals surface area (Å²) in [5, 5.41) is 3.78. The third-order valence-electron chi connectivity index (χ3n) is 2.89. The van der Waals surface area contributed by atoms with Gasteiger partial charge in [0.05, 0.1) is 12.3 Å². The molecule has 0 atom stereocenters. The minimum Gasteiger partial charge on any atom is -0.397 e. The van der Waals surface area contributed by atoms with Gasteiger partial charge in [0, 0.05) is 23.2 Å². The summed E-state index contributed by atoms with van der Waals surface area (Å²) in [5.41, 5.74) is 7.77. The van der Waals surface area contributed by atoms with Crippen molar-refractivity contribution in [3.05, 3.63) is 28.6 Å². The summed E-state index contributed by atoms with van der Waals surface area (Å²) in [5.74, 6) is -0.127. The molecule has 3 N–H and O–H groups in total.